The molecular formula is C4H7W15-. The van der Waals surface area contributed by atoms with Crippen molar-refractivity contribution in [2.24, 2.45) is 5.92 Å². The molecular weight excluding hydrogens is 2810 g/mol. The summed E-state index contributed by atoms with van der Waals surface area (Å²) in [4.78, 5) is 0. The van der Waals surface area contributed by atoms with Crippen LogP contribution in [0.2, 0.25) is 0 Å². The number of hydrogen-bond donors (Lipinski definition) is 0. The van der Waals surface area contributed by atoms with Crippen LogP contribution in [0.1, 0.15) is 13.8 Å². The van der Waals surface area contributed by atoms with Crippen molar-refractivity contribution in [3.05, 3.63) is 0 Å². The van der Waals surface area contributed by atoms with E-state index in [1.165, 1.54) is 19.4 Å². The topological polar surface area (TPSA) is 0 Å². The van der Waals surface area contributed by atoms with E-state index in [9.17, 15) is 0 Å². The van der Waals surface area contributed by atoms with Crippen LogP contribution in [-0.4, -0.2) is 4.40 Å². The van der Waals surface area contributed by atoms with E-state index in [0.717, 1.165) is 0 Å². The molecule has 0 aliphatic heterocycles. The molecule has 15 heteroatoms. The van der Waals surface area contributed by atoms with E-state index in [4.69, 9.17) is 0 Å². The van der Waals surface area contributed by atoms with E-state index >= 15 is 0 Å². The van der Waals surface area contributed by atoms with E-state index < -0.39 is 0 Å². The summed E-state index contributed by atoms with van der Waals surface area (Å²) in [6, 6.07) is 0. The normalized spacial score (nSPS) is 2.68. The van der Waals surface area contributed by atoms with E-state index in [0.29, 0.717) is 5.92 Å². The van der Waals surface area contributed by atoms with Crippen LogP contribution >= 0.6 is 0 Å². The van der Waals surface area contributed by atoms with Gasteiger partial charge in [0.1, 0.15) is 0 Å². The van der Waals surface area contributed by atoms with Gasteiger partial charge in [0, 0.05) is 211 Å². The molecule has 0 fully saturated rings. The fourth-order valence-electron chi connectivity index (χ4n) is 0. The second kappa shape index (κ2) is 103. The third-order valence-corrected chi connectivity index (χ3v) is 1.93. The van der Waals surface area contributed by atoms with Crippen molar-refractivity contribution < 1.29 is 295 Å². The first-order chi connectivity index (χ1) is 4.27. The molecule has 0 saturated carbocycles. The zero-order chi connectivity index (χ0) is 8.28. The fourth-order valence-corrected chi connectivity index (χ4v) is 0. The molecule has 0 rings (SSSR count). The quantitative estimate of drug-likeness (QED) is 0.342. The Kier molecular flexibility index (Phi) is 482. The second-order valence-electron chi connectivity index (χ2n) is 1.27. The van der Waals surface area contributed by atoms with Gasteiger partial charge in [-0.2, -0.15) is 0 Å². The summed E-state index contributed by atoms with van der Waals surface area (Å²) >= 11 is 8.12. The van der Waals surface area contributed by atoms with Crippen molar-refractivity contribution in [2.45, 2.75) is 13.8 Å². The van der Waals surface area contributed by atoms with Gasteiger partial charge in [-0.1, -0.05) is 0 Å². The predicted molar refractivity (Wildman–Crippen MR) is 19.8 cm³/mol. The van der Waals surface area contributed by atoms with Gasteiger partial charge in [0.2, 0.25) is 0 Å². The Hall–Kier alpha value is 10.2. The summed E-state index contributed by atoms with van der Waals surface area (Å²) in [5.74, 6) is 0.671. The number of rotatable bonds is 1. The molecule has 0 spiro atoms. The summed E-state index contributed by atoms with van der Waals surface area (Å²) in [5, 5.41) is 0. The summed E-state index contributed by atoms with van der Waals surface area (Å²) < 4.78 is 3.11. The van der Waals surface area contributed by atoms with Crippen molar-refractivity contribution in [2.75, 3.05) is 0 Å². The third kappa shape index (κ3) is 130. The molecule has 0 aliphatic carbocycles. The molecule has 0 unspecified atom stereocenters. The van der Waals surface area contributed by atoms with Crippen LogP contribution in [0.5, 0.6) is 0 Å². The van der Waals surface area contributed by atoms with Crippen molar-refractivity contribution in [1.29, 1.82) is 0 Å². The Morgan fingerprint density at radius 1 is 0.526 bits per heavy atom. The molecule has 0 aliphatic rings. The van der Waals surface area contributed by atoms with Crippen LogP contribution in [0.4, 0.5) is 0 Å². The van der Waals surface area contributed by atoms with Crippen molar-refractivity contribution in [3.8, 4) is 0 Å². The maximum atomic E-state index is 3.11. The Morgan fingerprint density at radius 3 is 0.579 bits per heavy atom. The Balaban J connectivity index is -0.00000000220. The molecule has 0 radical (unpaired) electrons. The Morgan fingerprint density at radius 2 is 0.579 bits per heavy atom. The average Bonchev–Trinajstić information content (AvgIpc) is 1.97. The van der Waals surface area contributed by atoms with Crippen LogP contribution in [0, 0.1) is 5.92 Å². The molecule has 114 valence electrons. The zero-order valence-electron chi connectivity index (χ0n) is 9.20. The fraction of sp³-hybridized carbons (Fsp3) is 0.750. The van der Waals surface area contributed by atoms with Crippen LogP contribution in [0.3, 0.4) is 0 Å². The molecule has 0 N–H and O–H groups in total. The minimum absolute atomic E-state index is 0. The molecule has 0 amide bonds. The Bertz CT molecular complexity index is 56.1. The minimum atomic E-state index is 0. The summed E-state index contributed by atoms with van der Waals surface area (Å²) in [6.45, 7) is 4.26. The van der Waals surface area contributed by atoms with Crippen LogP contribution in [0.15, 0.2) is 0 Å². The average molecular weight is 2810 g/mol. The van der Waals surface area contributed by atoms with Gasteiger partial charge in [-0.05, 0) is 0 Å². The zero-order valence-corrected chi connectivity index (χ0v) is 53.2. The van der Waals surface area contributed by atoms with E-state index in [-0.39, 0.29) is 211 Å². The van der Waals surface area contributed by atoms with Crippen LogP contribution in [0.25, 0.3) is 0 Å². The van der Waals surface area contributed by atoms with Gasteiger partial charge in [0.25, 0.3) is 0 Å². The Labute approximate surface area is 310 Å². The number of hydrogen-bond acceptors (Lipinski definition) is 0. The molecule has 0 atom stereocenters. The monoisotopic (exact) mass is 2810 g/mol. The third-order valence-electron chi connectivity index (χ3n) is 0.236. The molecule has 0 nitrogen and oxygen atoms in total. The van der Waals surface area contributed by atoms with Gasteiger partial charge >= 0.3 is 108 Å². The van der Waals surface area contributed by atoms with Gasteiger partial charge in [-0.3, -0.25) is 0 Å². The molecule has 0 bridgehead atoms. The first-order valence-electron chi connectivity index (χ1n) is 1.98. The SMILES string of the molecule is CC(C)[C-]=[W].[W].[W].[W].[W].[W].[W].[W].[W].[W].[W].[W]=[W].[W]=[W]. The summed E-state index contributed by atoms with van der Waals surface area (Å²) in [7, 11) is 0. The standard InChI is InChI=1S/C4H7.15W/c1-4(2)3;;;;;;;;;;;;;;;/h4H,1-2H3;;;;;;;;;;;;;;;/q-1;;;;;;;;;;;;;;;. The van der Waals surface area contributed by atoms with Gasteiger partial charge in [0.15, 0.2) is 0 Å². The van der Waals surface area contributed by atoms with Gasteiger partial charge in [-0.15, -0.1) is 0 Å². The molecule has 19 heavy (non-hydrogen) atoms. The molecule has 0 aromatic heterocycles. The van der Waals surface area contributed by atoms with E-state index in [1.54, 1.807) is 64.9 Å². The van der Waals surface area contributed by atoms with E-state index in [1.807, 2.05) is 0 Å². The van der Waals surface area contributed by atoms with E-state index in [2.05, 4.69) is 18.2 Å². The molecule has 0 heterocycles. The van der Waals surface area contributed by atoms with Gasteiger partial charge < -0.3 is 0 Å². The van der Waals surface area contributed by atoms with Crippen molar-refractivity contribution in [3.63, 3.8) is 0 Å². The predicted octanol–water partition coefficient (Wildman–Crippen LogP) is 0.833. The summed E-state index contributed by atoms with van der Waals surface area (Å²) in [6.07, 6.45) is 0. The first-order valence-corrected chi connectivity index (χ1v) is 25.4. The van der Waals surface area contributed by atoms with Crippen molar-refractivity contribution >= 4 is 4.40 Å². The van der Waals surface area contributed by atoms with Gasteiger partial charge in [-0.25, -0.2) is 0 Å². The molecule has 0 aromatic rings. The maximum absolute atomic E-state index is 3.11. The van der Waals surface area contributed by atoms with Crippen LogP contribution in [-0.2, 0) is 295 Å². The van der Waals surface area contributed by atoms with Gasteiger partial charge in [0.05, 0.1) is 0 Å². The summed E-state index contributed by atoms with van der Waals surface area (Å²) in [5.41, 5.74) is 0. The van der Waals surface area contributed by atoms with Crippen LogP contribution < -0.4 is 0 Å². The molecule has 0 aromatic carbocycles. The van der Waals surface area contributed by atoms with Crippen molar-refractivity contribution in [1.82, 2.24) is 0 Å². The second-order valence-corrected chi connectivity index (χ2v) is 2.12. The first kappa shape index (κ1) is 88.5. The molecule has 0 saturated heterocycles.